The molecule has 0 unspecified atom stereocenters. The van der Waals surface area contributed by atoms with Crippen molar-refractivity contribution in [3.8, 4) is 0 Å². The first-order valence-electron chi connectivity index (χ1n) is 6.12. The Hall–Kier alpha value is -0.930. The van der Waals surface area contributed by atoms with E-state index in [0.717, 1.165) is 45.7 Å². The third-order valence-corrected chi connectivity index (χ3v) is 3.08. The van der Waals surface area contributed by atoms with Crippen LogP contribution in [0.1, 0.15) is 18.2 Å². The van der Waals surface area contributed by atoms with Gasteiger partial charge >= 0.3 is 0 Å². The quantitative estimate of drug-likeness (QED) is 0.769. The van der Waals surface area contributed by atoms with Crippen LogP contribution >= 0.6 is 0 Å². The molecule has 1 fully saturated rings. The zero-order chi connectivity index (χ0) is 11.2. The second-order valence-corrected chi connectivity index (χ2v) is 4.22. The molecule has 3 nitrogen and oxygen atoms in total. The summed E-state index contributed by atoms with van der Waals surface area (Å²) in [5, 5.41) is 0. The fraction of sp³-hybridized carbons (Fsp3) is 0.615. The van der Waals surface area contributed by atoms with Gasteiger partial charge in [-0.15, -0.1) is 0 Å². The van der Waals surface area contributed by atoms with Crippen molar-refractivity contribution in [3.05, 3.63) is 29.6 Å². The van der Waals surface area contributed by atoms with E-state index in [1.165, 1.54) is 11.3 Å². The third-order valence-electron chi connectivity index (χ3n) is 3.08. The van der Waals surface area contributed by atoms with Crippen LogP contribution in [0.2, 0.25) is 0 Å². The summed E-state index contributed by atoms with van der Waals surface area (Å²) >= 11 is 0. The molecule has 2 rings (SSSR count). The number of morpholine rings is 1. The number of aryl methyl sites for hydroxylation is 1. The van der Waals surface area contributed by atoms with Crippen LogP contribution in [0.4, 0.5) is 0 Å². The number of aromatic nitrogens is 1. The van der Waals surface area contributed by atoms with Gasteiger partial charge < -0.3 is 4.74 Å². The summed E-state index contributed by atoms with van der Waals surface area (Å²) in [6.45, 7) is 7.14. The summed E-state index contributed by atoms with van der Waals surface area (Å²) < 4.78 is 5.32. The Bertz CT molecular complexity index is 304. The Morgan fingerprint density at radius 2 is 2.12 bits per heavy atom. The van der Waals surface area contributed by atoms with E-state index in [0.29, 0.717) is 0 Å². The minimum Gasteiger partial charge on any atom is -0.379 e. The van der Waals surface area contributed by atoms with Crippen molar-refractivity contribution in [2.45, 2.75) is 19.8 Å². The van der Waals surface area contributed by atoms with Gasteiger partial charge in [-0.1, -0.05) is 13.0 Å². The Morgan fingerprint density at radius 3 is 2.75 bits per heavy atom. The zero-order valence-electron chi connectivity index (χ0n) is 9.98. The monoisotopic (exact) mass is 220 g/mol. The molecule has 3 heteroatoms. The number of hydrogen-bond acceptors (Lipinski definition) is 3. The second-order valence-electron chi connectivity index (χ2n) is 4.22. The number of pyridine rings is 1. The van der Waals surface area contributed by atoms with Crippen LogP contribution in [-0.4, -0.2) is 42.7 Å². The van der Waals surface area contributed by atoms with Gasteiger partial charge in [-0.25, -0.2) is 0 Å². The van der Waals surface area contributed by atoms with Gasteiger partial charge in [0.05, 0.1) is 13.2 Å². The number of hydrogen-bond donors (Lipinski definition) is 0. The zero-order valence-corrected chi connectivity index (χ0v) is 9.98. The summed E-state index contributed by atoms with van der Waals surface area (Å²) in [7, 11) is 0. The topological polar surface area (TPSA) is 25.4 Å². The highest BCUT2D eigenvalue weighted by molar-refractivity contribution is 5.14. The standard InChI is InChI=1S/C13H20N2O/c1-2-12-3-4-13(14-11-12)5-6-15-7-9-16-10-8-15/h3-4,11H,2,5-10H2,1H3. The van der Waals surface area contributed by atoms with Gasteiger partial charge in [0.2, 0.25) is 0 Å². The van der Waals surface area contributed by atoms with Gasteiger partial charge in [0.25, 0.3) is 0 Å². The maximum Gasteiger partial charge on any atom is 0.0594 e. The number of rotatable bonds is 4. The van der Waals surface area contributed by atoms with Crippen LogP contribution < -0.4 is 0 Å². The van der Waals surface area contributed by atoms with Gasteiger partial charge in [0, 0.05) is 37.9 Å². The van der Waals surface area contributed by atoms with E-state index in [1.54, 1.807) is 0 Å². The van der Waals surface area contributed by atoms with Crippen LogP contribution in [0.25, 0.3) is 0 Å². The lowest BCUT2D eigenvalue weighted by atomic mass is 10.2. The molecule has 0 aromatic carbocycles. The van der Waals surface area contributed by atoms with Crippen molar-refractivity contribution in [2.75, 3.05) is 32.8 Å². The average molecular weight is 220 g/mol. The summed E-state index contributed by atoms with van der Waals surface area (Å²) in [4.78, 5) is 6.92. The molecule has 1 saturated heterocycles. The molecule has 1 aromatic rings. The highest BCUT2D eigenvalue weighted by Crippen LogP contribution is 2.04. The number of nitrogens with zero attached hydrogens (tertiary/aromatic N) is 2. The lowest BCUT2D eigenvalue weighted by Gasteiger charge is -2.26. The van der Waals surface area contributed by atoms with Gasteiger partial charge in [-0.05, 0) is 18.1 Å². The Morgan fingerprint density at radius 1 is 1.31 bits per heavy atom. The minimum absolute atomic E-state index is 0.877. The Kier molecular flexibility index (Phi) is 4.31. The van der Waals surface area contributed by atoms with E-state index in [4.69, 9.17) is 4.74 Å². The second kappa shape index (κ2) is 5.97. The number of ether oxygens (including phenoxy) is 1. The van der Waals surface area contributed by atoms with Crippen molar-refractivity contribution in [1.29, 1.82) is 0 Å². The van der Waals surface area contributed by atoms with Crippen LogP contribution in [-0.2, 0) is 17.6 Å². The Balaban J connectivity index is 1.79. The van der Waals surface area contributed by atoms with Crippen molar-refractivity contribution in [1.82, 2.24) is 9.88 Å². The van der Waals surface area contributed by atoms with Crippen LogP contribution in [0.3, 0.4) is 0 Å². The predicted molar refractivity (Wildman–Crippen MR) is 64.6 cm³/mol. The fourth-order valence-electron chi connectivity index (χ4n) is 1.91. The molecule has 0 spiro atoms. The first-order valence-corrected chi connectivity index (χ1v) is 6.12. The van der Waals surface area contributed by atoms with Crippen molar-refractivity contribution >= 4 is 0 Å². The molecule has 2 heterocycles. The molecule has 1 aliphatic rings. The van der Waals surface area contributed by atoms with E-state index in [9.17, 15) is 0 Å². The molecule has 0 N–H and O–H groups in total. The summed E-state index contributed by atoms with van der Waals surface area (Å²) in [6, 6.07) is 4.33. The molecule has 0 atom stereocenters. The third kappa shape index (κ3) is 3.29. The van der Waals surface area contributed by atoms with E-state index in [-0.39, 0.29) is 0 Å². The van der Waals surface area contributed by atoms with E-state index >= 15 is 0 Å². The highest BCUT2D eigenvalue weighted by Gasteiger charge is 2.09. The molecular formula is C13H20N2O. The van der Waals surface area contributed by atoms with Gasteiger partial charge in [-0.3, -0.25) is 9.88 Å². The summed E-state index contributed by atoms with van der Waals surface area (Å²) in [5.74, 6) is 0. The first kappa shape index (κ1) is 11.6. The van der Waals surface area contributed by atoms with E-state index in [2.05, 4.69) is 28.9 Å². The minimum atomic E-state index is 0.877. The van der Waals surface area contributed by atoms with Crippen LogP contribution in [0, 0.1) is 0 Å². The Labute approximate surface area is 97.4 Å². The van der Waals surface area contributed by atoms with Crippen LogP contribution in [0.15, 0.2) is 18.3 Å². The van der Waals surface area contributed by atoms with Gasteiger partial charge in [0.15, 0.2) is 0 Å². The van der Waals surface area contributed by atoms with Gasteiger partial charge in [0.1, 0.15) is 0 Å². The van der Waals surface area contributed by atoms with Crippen molar-refractivity contribution in [2.24, 2.45) is 0 Å². The summed E-state index contributed by atoms with van der Waals surface area (Å²) in [6.07, 6.45) is 4.11. The van der Waals surface area contributed by atoms with Crippen LogP contribution in [0.5, 0.6) is 0 Å². The molecule has 16 heavy (non-hydrogen) atoms. The van der Waals surface area contributed by atoms with E-state index in [1.807, 2.05) is 6.20 Å². The fourth-order valence-corrected chi connectivity index (χ4v) is 1.91. The molecule has 88 valence electrons. The largest absolute Gasteiger partial charge is 0.379 e. The molecule has 0 radical (unpaired) electrons. The molecule has 0 bridgehead atoms. The molecule has 1 aromatic heterocycles. The maximum absolute atomic E-state index is 5.32. The SMILES string of the molecule is CCc1ccc(CCN2CCOCC2)nc1. The summed E-state index contributed by atoms with van der Waals surface area (Å²) in [5.41, 5.74) is 2.51. The lowest BCUT2D eigenvalue weighted by molar-refractivity contribution is 0.0383. The van der Waals surface area contributed by atoms with Crippen molar-refractivity contribution < 1.29 is 4.74 Å². The molecule has 0 saturated carbocycles. The smallest absolute Gasteiger partial charge is 0.0594 e. The highest BCUT2D eigenvalue weighted by atomic mass is 16.5. The van der Waals surface area contributed by atoms with Gasteiger partial charge in [-0.2, -0.15) is 0 Å². The van der Waals surface area contributed by atoms with E-state index < -0.39 is 0 Å². The lowest BCUT2D eigenvalue weighted by Crippen LogP contribution is -2.37. The molecular weight excluding hydrogens is 200 g/mol. The van der Waals surface area contributed by atoms with Crippen molar-refractivity contribution in [3.63, 3.8) is 0 Å². The first-order chi connectivity index (χ1) is 7.88. The predicted octanol–water partition coefficient (Wildman–Crippen LogP) is 1.52. The normalized spacial score (nSPS) is 17.6. The molecule has 0 amide bonds. The average Bonchev–Trinajstić information content (AvgIpc) is 2.38. The maximum atomic E-state index is 5.32. The molecule has 0 aliphatic carbocycles. The molecule has 1 aliphatic heterocycles.